The smallest absolute Gasteiger partial charge is 0.335 e. The average molecular weight is 479 g/mol. The van der Waals surface area contributed by atoms with Crippen LogP contribution in [0.15, 0.2) is 46.3 Å². The molecule has 0 aromatic carbocycles. The van der Waals surface area contributed by atoms with Crippen molar-refractivity contribution in [3.05, 3.63) is 41.2 Å². The molecule has 4 rings (SSSR count). The molecule has 1 aromatic rings. The normalized spacial score (nSPS) is 23.6. The van der Waals surface area contributed by atoms with Crippen LogP contribution >= 0.6 is 0 Å². The minimum atomic E-state index is -4.12. The van der Waals surface area contributed by atoms with Gasteiger partial charge in [0.2, 0.25) is 0 Å². The number of sulfonamides is 1. The monoisotopic (exact) mass is 478 g/mol. The van der Waals surface area contributed by atoms with Gasteiger partial charge in [-0.1, -0.05) is 11.8 Å². The van der Waals surface area contributed by atoms with Gasteiger partial charge in [-0.05, 0) is 31.9 Å². The van der Waals surface area contributed by atoms with E-state index >= 15 is 0 Å². The Morgan fingerprint density at radius 3 is 2.55 bits per heavy atom. The number of piperidine rings is 1. The van der Waals surface area contributed by atoms with Crippen molar-refractivity contribution < 1.29 is 27.1 Å². The van der Waals surface area contributed by atoms with Gasteiger partial charge in [-0.3, -0.25) is 4.90 Å². The Morgan fingerprint density at radius 2 is 1.97 bits per heavy atom. The fraction of sp³-hybridized carbons (Fsp3) is 0.455. The van der Waals surface area contributed by atoms with E-state index in [0.717, 1.165) is 12.8 Å². The number of carboxylic acids is 1. The highest BCUT2D eigenvalue weighted by Gasteiger charge is 2.42. The van der Waals surface area contributed by atoms with E-state index in [1.54, 1.807) is 16.7 Å². The van der Waals surface area contributed by atoms with Crippen LogP contribution in [-0.2, 0) is 14.8 Å². The topological polar surface area (TPSA) is 117 Å². The lowest BCUT2D eigenvalue weighted by molar-refractivity contribution is -0.133. The SMILES string of the molecule is CC1=C(C#CC2CC2)C=C(C(=O)O)C(N2CCC(F)(F)CC2)N1c1ccnc(S(N)(=O)=O)c1. The van der Waals surface area contributed by atoms with E-state index in [0.29, 0.717) is 17.0 Å². The zero-order valence-electron chi connectivity index (χ0n) is 18.0. The van der Waals surface area contributed by atoms with Gasteiger partial charge in [0.15, 0.2) is 5.03 Å². The molecule has 1 aromatic heterocycles. The van der Waals surface area contributed by atoms with E-state index in [-0.39, 0.29) is 29.6 Å². The molecule has 1 atom stereocenters. The van der Waals surface area contributed by atoms with Crippen molar-refractivity contribution in [2.45, 2.75) is 49.7 Å². The Balaban J connectivity index is 1.84. The Bertz CT molecular complexity index is 1200. The van der Waals surface area contributed by atoms with E-state index in [4.69, 9.17) is 5.14 Å². The van der Waals surface area contributed by atoms with E-state index in [1.807, 2.05) is 0 Å². The van der Waals surface area contributed by atoms with E-state index < -0.39 is 40.9 Å². The first-order valence-electron chi connectivity index (χ1n) is 10.5. The Labute approximate surface area is 190 Å². The third-order valence-electron chi connectivity index (χ3n) is 5.97. The highest BCUT2D eigenvalue weighted by Crippen LogP contribution is 2.38. The number of aromatic nitrogens is 1. The van der Waals surface area contributed by atoms with Crippen molar-refractivity contribution in [3.63, 3.8) is 0 Å². The lowest BCUT2D eigenvalue weighted by atomic mass is 9.96. The van der Waals surface area contributed by atoms with Crippen molar-refractivity contribution in [3.8, 4) is 11.8 Å². The van der Waals surface area contributed by atoms with Crippen LogP contribution in [0.2, 0.25) is 0 Å². The molecule has 0 spiro atoms. The van der Waals surface area contributed by atoms with Crippen molar-refractivity contribution in [1.29, 1.82) is 0 Å². The standard InChI is InChI=1S/C22H24F2N4O4S/c1-14-16(5-4-15-2-3-15)12-18(21(29)30)20(27-10-7-22(23,24)8-11-27)28(14)17-6-9-26-19(13-17)33(25,31)32/h6,9,12-13,15,20H,2-3,7-8,10-11H2,1H3,(H,29,30)(H2,25,31,32). The number of rotatable bonds is 4. The third kappa shape index (κ3) is 5.08. The molecule has 8 nitrogen and oxygen atoms in total. The molecule has 176 valence electrons. The number of allylic oxidation sites excluding steroid dienone is 3. The number of nitrogens with two attached hydrogens (primary N) is 1. The van der Waals surface area contributed by atoms with Crippen LogP contribution in [0, 0.1) is 17.8 Å². The van der Waals surface area contributed by atoms with Gasteiger partial charge in [-0.15, -0.1) is 0 Å². The zero-order valence-corrected chi connectivity index (χ0v) is 18.8. The van der Waals surface area contributed by atoms with Gasteiger partial charge >= 0.3 is 5.97 Å². The molecule has 1 saturated heterocycles. The number of carboxylic acid groups (broad SMARTS) is 1. The predicted molar refractivity (Wildman–Crippen MR) is 117 cm³/mol. The Morgan fingerprint density at radius 1 is 1.30 bits per heavy atom. The molecule has 0 bridgehead atoms. The summed E-state index contributed by atoms with van der Waals surface area (Å²) in [5.74, 6) is 2.42. The number of carbonyl (C=O) groups is 1. The molecule has 11 heteroatoms. The number of aliphatic carboxylic acids is 1. The highest BCUT2D eigenvalue weighted by molar-refractivity contribution is 7.89. The van der Waals surface area contributed by atoms with Crippen LogP contribution in [0.25, 0.3) is 0 Å². The summed E-state index contributed by atoms with van der Waals surface area (Å²) in [5, 5.41) is 14.9. The van der Waals surface area contributed by atoms with Crippen LogP contribution in [-0.4, -0.2) is 54.6 Å². The van der Waals surface area contributed by atoms with Crippen LogP contribution in [0.5, 0.6) is 0 Å². The summed E-state index contributed by atoms with van der Waals surface area (Å²) in [6.45, 7) is 1.69. The molecular weight excluding hydrogens is 454 g/mol. The number of halogens is 2. The molecule has 3 N–H and O–H groups in total. The van der Waals surface area contributed by atoms with E-state index in [2.05, 4.69) is 16.8 Å². The van der Waals surface area contributed by atoms with Gasteiger partial charge in [0.1, 0.15) is 6.17 Å². The number of hydrogen-bond donors (Lipinski definition) is 2. The number of pyridine rings is 1. The van der Waals surface area contributed by atoms with Crippen molar-refractivity contribution >= 4 is 21.7 Å². The summed E-state index contributed by atoms with van der Waals surface area (Å²) < 4.78 is 51.5. The first-order valence-corrected chi connectivity index (χ1v) is 12.1. The van der Waals surface area contributed by atoms with Gasteiger partial charge in [0, 0.05) is 61.1 Å². The number of anilines is 1. The molecular formula is C22H24F2N4O4S. The predicted octanol–water partition coefficient (Wildman–Crippen LogP) is 2.30. The molecule has 33 heavy (non-hydrogen) atoms. The molecule has 2 aliphatic heterocycles. The minimum absolute atomic E-state index is 0.0255. The summed E-state index contributed by atoms with van der Waals surface area (Å²) in [5.41, 5.74) is 1.36. The molecule has 3 aliphatic rings. The van der Waals surface area contributed by atoms with Gasteiger partial charge in [-0.25, -0.2) is 32.1 Å². The number of alkyl halides is 2. The fourth-order valence-corrected chi connectivity index (χ4v) is 4.48. The summed E-state index contributed by atoms with van der Waals surface area (Å²) in [7, 11) is -4.12. The van der Waals surface area contributed by atoms with Gasteiger partial charge in [0.05, 0.1) is 5.57 Å². The van der Waals surface area contributed by atoms with Crippen LogP contribution in [0.3, 0.4) is 0 Å². The molecule has 1 saturated carbocycles. The lowest BCUT2D eigenvalue weighted by Gasteiger charge is -2.46. The number of hydrogen-bond acceptors (Lipinski definition) is 6. The van der Waals surface area contributed by atoms with E-state index in [9.17, 15) is 27.1 Å². The van der Waals surface area contributed by atoms with Crippen molar-refractivity contribution in [1.82, 2.24) is 9.88 Å². The average Bonchev–Trinajstić information content (AvgIpc) is 3.56. The second kappa shape index (κ2) is 8.52. The van der Waals surface area contributed by atoms with Gasteiger partial charge in [-0.2, -0.15) is 0 Å². The second-order valence-corrected chi connectivity index (χ2v) is 9.99. The van der Waals surface area contributed by atoms with Gasteiger partial charge in [0.25, 0.3) is 15.9 Å². The first-order chi connectivity index (χ1) is 15.5. The quantitative estimate of drug-likeness (QED) is 0.638. The summed E-state index contributed by atoms with van der Waals surface area (Å²) in [6, 6.07) is 2.78. The Kier molecular flexibility index (Phi) is 6.03. The molecule has 0 radical (unpaired) electrons. The largest absolute Gasteiger partial charge is 0.478 e. The maximum absolute atomic E-state index is 13.8. The second-order valence-electron chi connectivity index (χ2n) is 8.48. The molecule has 2 fully saturated rings. The van der Waals surface area contributed by atoms with E-state index in [1.165, 1.54) is 24.4 Å². The van der Waals surface area contributed by atoms with Crippen LogP contribution in [0.4, 0.5) is 14.5 Å². The third-order valence-corrected chi connectivity index (χ3v) is 6.78. The number of likely N-dealkylation sites (tertiary alicyclic amines) is 1. The Hall–Kier alpha value is -2.81. The zero-order chi connectivity index (χ0) is 24.0. The number of nitrogens with zero attached hydrogens (tertiary/aromatic N) is 3. The first kappa shape index (κ1) is 23.4. The minimum Gasteiger partial charge on any atom is -0.478 e. The van der Waals surface area contributed by atoms with Crippen LogP contribution < -0.4 is 10.0 Å². The molecule has 1 unspecified atom stereocenters. The lowest BCUT2D eigenvalue weighted by Crippen LogP contribution is -2.55. The van der Waals surface area contributed by atoms with Crippen molar-refractivity contribution in [2.75, 3.05) is 18.0 Å². The molecule has 3 heterocycles. The molecule has 1 aliphatic carbocycles. The maximum atomic E-state index is 13.8. The van der Waals surface area contributed by atoms with Gasteiger partial charge < -0.3 is 10.0 Å². The van der Waals surface area contributed by atoms with Crippen LogP contribution in [0.1, 0.15) is 32.6 Å². The number of primary sulfonamides is 1. The summed E-state index contributed by atoms with van der Waals surface area (Å²) in [6.07, 6.45) is 3.00. The maximum Gasteiger partial charge on any atom is 0.335 e. The summed E-state index contributed by atoms with van der Waals surface area (Å²) in [4.78, 5) is 19.4. The fourth-order valence-electron chi connectivity index (χ4n) is 3.99. The highest BCUT2D eigenvalue weighted by atomic mass is 32.2. The van der Waals surface area contributed by atoms with Crippen molar-refractivity contribution in [2.24, 2.45) is 11.1 Å². The molecule has 0 amide bonds. The summed E-state index contributed by atoms with van der Waals surface area (Å²) >= 11 is 0.